The Bertz CT molecular complexity index is 293. The molecule has 0 fully saturated rings. The summed E-state index contributed by atoms with van der Waals surface area (Å²) < 4.78 is 4.90. The van der Waals surface area contributed by atoms with Gasteiger partial charge in [-0.05, 0) is 6.92 Å². The Hall–Kier alpha value is -1.36. The summed E-state index contributed by atoms with van der Waals surface area (Å²) in [4.78, 5) is 11.1. The summed E-state index contributed by atoms with van der Waals surface area (Å²) in [5, 5.41) is 3.67. The lowest BCUT2D eigenvalue weighted by atomic mass is 10.1. The van der Waals surface area contributed by atoms with Crippen LogP contribution in [0.1, 0.15) is 28.7 Å². The number of carbonyl (C=O) groups excluding carboxylic acids is 1. The highest BCUT2D eigenvalue weighted by molar-refractivity contribution is 5.95. The summed E-state index contributed by atoms with van der Waals surface area (Å²) in [5.41, 5.74) is 3.05. The van der Waals surface area contributed by atoms with Gasteiger partial charge in [0.25, 0.3) is 5.91 Å². The summed E-state index contributed by atoms with van der Waals surface area (Å²) in [6.45, 7) is 3.58. The zero-order valence-corrected chi connectivity index (χ0v) is 7.05. The van der Waals surface area contributed by atoms with Crippen LogP contribution in [0.2, 0.25) is 0 Å². The molecule has 66 valence electrons. The van der Waals surface area contributed by atoms with Gasteiger partial charge in [0.1, 0.15) is 11.3 Å². The summed E-state index contributed by atoms with van der Waals surface area (Å²) in [6.07, 6.45) is 0.629. The molecule has 1 amide bonds. The van der Waals surface area contributed by atoms with E-state index in [0.29, 0.717) is 23.4 Å². The Labute approximate surface area is 69.9 Å². The first-order valence-electron chi connectivity index (χ1n) is 3.66. The van der Waals surface area contributed by atoms with Gasteiger partial charge in [-0.15, -0.1) is 0 Å². The van der Waals surface area contributed by atoms with E-state index in [-0.39, 0.29) is 5.91 Å². The van der Waals surface area contributed by atoms with Crippen LogP contribution in [-0.4, -0.2) is 11.1 Å². The number of hydrogen-bond acceptors (Lipinski definition) is 4. The topological polar surface area (TPSA) is 81.2 Å². The van der Waals surface area contributed by atoms with Gasteiger partial charge >= 0.3 is 0 Å². The number of amides is 1. The van der Waals surface area contributed by atoms with Gasteiger partial charge in [0.2, 0.25) is 0 Å². The number of aromatic nitrogens is 1. The van der Waals surface area contributed by atoms with Gasteiger partial charge in [-0.3, -0.25) is 10.2 Å². The van der Waals surface area contributed by atoms with Crippen molar-refractivity contribution >= 4 is 5.91 Å². The quantitative estimate of drug-likeness (QED) is 0.375. The van der Waals surface area contributed by atoms with E-state index < -0.39 is 0 Å². The summed E-state index contributed by atoms with van der Waals surface area (Å²) in [5.74, 6) is 5.20. The molecule has 0 aliphatic heterocycles. The zero-order valence-electron chi connectivity index (χ0n) is 7.05. The van der Waals surface area contributed by atoms with E-state index in [1.807, 2.05) is 12.3 Å². The van der Waals surface area contributed by atoms with E-state index >= 15 is 0 Å². The molecule has 0 saturated carbocycles. The van der Waals surface area contributed by atoms with Crippen molar-refractivity contribution in [1.82, 2.24) is 10.6 Å². The van der Waals surface area contributed by atoms with Crippen molar-refractivity contribution in [2.45, 2.75) is 20.3 Å². The van der Waals surface area contributed by atoms with Crippen molar-refractivity contribution in [2.75, 3.05) is 0 Å². The molecule has 0 aliphatic rings. The fraction of sp³-hybridized carbons (Fsp3) is 0.429. The van der Waals surface area contributed by atoms with Crippen molar-refractivity contribution in [3.63, 3.8) is 0 Å². The predicted octanol–water partition coefficient (Wildman–Crippen LogP) is 0.149. The molecule has 0 aliphatic carbocycles. The molecule has 1 aromatic heterocycles. The van der Waals surface area contributed by atoms with Crippen LogP contribution in [0.4, 0.5) is 0 Å². The third kappa shape index (κ3) is 1.31. The number of nitrogens with one attached hydrogen (secondary N) is 1. The van der Waals surface area contributed by atoms with Crippen molar-refractivity contribution in [2.24, 2.45) is 5.84 Å². The summed E-state index contributed by atoms with van der Waals surface area (Å²) in [7, 11) is 0. The molecule has 0 bridgehead atoms. The first kappa shape index (κ1) is 8.73. The van der Waals surface area contributed by atoms with Crippen LogP contribution in [0.3, 0.4) is 0 Å². The molecular formula is C7H11N3O2. The van der Waals surface area contributed by atoms with Gasteiger partial charge in [0.15, 0.2) is 0 Å². The average molecular weight is 169 g/mol. The molecule has 12 heavy (non-hydrogen) atoms. The monoisotopic (exact) mass is 169 g/mol. The van der Waals surface area contributed by atoms with Crippen LogP contribution < -0.4 is 11.3 Å². The minimum absolute atomic E-state index is 0.356. The van der Waals surface area contributed by atoms with Gasteiger partial charge in [-0.25, -0.2) is 5.84 Å². The Morgan fingerprint density at radius 3 is 2.92 bits per heavy atom. The molecular weight excluding hydrogens is 158 g/mol. The SMILES string of the molecule is CCc1onc(C)c1C(=O)NN. The molecule has 5 nitrogen and oxygen atoms in total. The number of nitrogen functional groups attached to an aromatic ring is 1. The molecule has 0 unspecified atom stereocenters. The van der Waals surface area contributed by atoms with Gasteiger partial charge < -0.3 is 4.52 Å². The molecule has 0 saturated heterocycles. The normalized spacial score (nSPS) is 9.92. The maximum atomic E-state index is 11.1. The molecule has 0 aromatic carbocycles. The van der Waals surface area contributed by atoms with E-state index in [1.165, 1.54) is 0 Å². The highest BCUT2D eigenvalue weighted by Gasteiger charge is 2.17. The molecule has 0 spiro atoms. The highest BCUT2D eigenvalue weighted by Crippen LogP contribution is 2.13. The lowest BCUT2D eigenvalue weighted by Crippen LogP contribution is -2.30. The summed E-state index contributed by atoms with van der Waals surface area (Å²) >= 11 is 0. The molecule has 0 radical (unpaired) electrons. The number of hydrazine groups is 1. The number of nitrogens with zero attached hydrogens (tertiary/aromatic N) is 1. The maximum Gasteiger partial charge on any atom is 0.270 e. The van der Waals surface area contributed by atoms with Crippen LogP contribution in [0.15, 0.2) is 4.52 Å². The van der Waals surface area contributed by atoms with Crippen LogP contribution in [0.25, 0.3) is 0 Å². The third-order valence-corrected chi connectivity index (χ3v) is 1.61. The number of aryl methyl sites for hydroxylation is 2. The van der Waals surface area contributed by atoms with E-state index in [2.05, 4.69) is 5.16 Å². The van der Waals surface area contributed by atoms with Crippen molar-refractivity contribution < 1.29 is 9.32 Å². The Morgan fingerprint density at radius 2 is 2.42 bits per heavy atom. The second kappa shape index (κ2) is 3.36. The van der Waals surface area contributed by atoms with E-state index in [9.17, 15) is 4.79 Å². The highest BCUT2D eigenvalue weighted by atomic mass is 16.5. The molecule has 5 heteroatoms. The first-order chi connectivity index (χ1) is 5.70. The second-order valence-electron chi connectivity index (χ2n) is 2.39. The van der Waals surface area contributed by atoms with Crippen LogP contribution >= 0.6 is 0 Å². The lowest BCUT2D eigenvalue weighted by Gasteiger charge is -1.97. The molecule has 1 aromatic rings. The minimum Gasteiger partial charge on any atom is -0.360 e. The van der Waals surface area contributed by atoms with E-state index in [4.69, 9.17) is 10.4 Å². The number of nitrogens with two attached hydrogens (primary N) is 1. The third-order valence-electron chi connectivity index (χ3n) is 1.61. The lowest BCUT2D eigenvalue weighted by molar-refractivity contribution is 0.0951. The van der Waals surface area contributed by atoms with Crippen LogP contribution in [-0.2, 0) is 6.42 Å². The number of rotatable bonds is 2. The van der Waals surface area contributed by atoms with Gasteiger partial charge in [-0.1, -0.05) is 12.1 Å². The minimum atomic E-state index is -0.356. The van der Waals surface area contributed by atoms with Crippen LogP contribution in [0.5, 0.6) is 0 Å². The van der Waals surface area contributed by atoms with E-state index in [1.54, 1.807) is 6.92 Å². The molecule has 3 N–H and O–H groups in total. The van der Waals surface area contributed by atoms with Crippen LogP contribution in [0, 0.1) is 6.92 Å². The van der Waals surface area contributed by atoms with Crippen molar-refractivity contribution in [3.05, 3.63) is 17.0 Å². The number of carbonyl (C=O) groups is 1. The fourth-order valence-corrected chi connectivity index (χ4v) is 1.02. The van der Waals surface area contributed by atoms with Gasteiger partial charge in [-0.2, -0.15) is 0 Å². The van der Waals surface area contributed by atoms with E-state index in [0.717, 1.165) is 0 Å². The predicted molar refractivity (Wildman–Crippen MR) is 42.3 cm³/mol. The zero-order chi connectivity index (χ0) is 9.14. The Morgan fingerprint density at radius 1 is 1.75 bits per heavy atom. The molecule has 1 heterocycles. The smallest absolute Gasteiger partial charge is 0.270 e. The number of hydrogen-bond donors (Lipinski definition) is 2. The summed E-state index contributed by atoms with van der Waals surface area (Å²) in [6, 6.07) is 0. The van der Waals surface area contributed by atoms with Gasteiger partial charge in [0, 0.05) is 6.42 Å². The first-order valence-corrected chi connectivity index (χ1v) is 3.66. The molecule has 0 atom stereocenters. The van der Waals surface area contributed by atoms with Crippen molar-refractivity contribution in [1.29, 1.82) is 0 Å². The average Bonchev–Trinajstić information content (AvgIpc) is 2.45. The Kier molecular flexibility index (Phi) is 2.44. The second-order valence-corrected chi connectivity index (χ2v) is 2.39. The largest absolute Gasteiger partial charge is 0.360 e. The fourth-order valence-electron chi connectivity index (χ4n) is 1.02. The Balaban J connectivity index is 3.10. The maximum absolute atomic E-state index is 11.1. The standard InChI is InChI=1S/C7H11N3O2/c1-3-5-6(7(11)9-8)4(2)10-12-5/h3,8H2,1-2H3,(H,9,11). The molecule has 1 rings (SSSR count). The van der Waals surface area contributed by atoms with Gasteiger partial charge in [0.05, 0.1) is 5.69 Å². The van der Waals surface area contributed by atoms with Crippen molar-refractivity contribution in [3.8, 4) is 0 Å².